The van der Waals surface area contributed by atoms with Gasteiger partial charge >= 0.3 is 5.97 Å². The molecule has 0 fully saturated rings. The molecule has 1 aromatic carbocycles. The second-order valence-electron chi connectivity index (χ2n) is 7.74. The lowest BCUT2D eigenvalue weighted by atomic mass is 10.1. The van der Waals surface area contributed by atoms with E-state index in [0.29, 0.717) is 12.0 Å². The molecule has 0 aliphatic heterocycles. The molecule has 8 heteroatoms. The number of ether oxygens (including phenoxy) is 1. The van der Waals surface area contributed by atoms with E-state index in [1.54, 1.807) is 51.1 Å². The molecular weight excluding hydrogens is 374 g/mol. The topological polar surface area (TPSA) is 128 Å². The van der Waals surface area contributed by atoms with Gasteiger partial charge in [-0.15, -0.1) is 0 Å². The Morgan fingerprint density at radius 3 is 2.28 bits per heavy atom. The van der Waals surface area contributed by atoms with Crippen LogP contribution in [0.5, 0.6) is 0 Å². The van der Waals surface area contributed by atoms with E-state index in [2.05, 4.69) is 10.6 Å². The molecule has 0 saturated carbocycles. The summed E-state index contributed by atoms with van der Waals surface area (Å²) in [6.07, 6.45) is 2.00. The van der Waals surface area contributed by atoms with Crippen molar-refractivity contribution in [3.8, 4) is 0 Å². The van der Waals surface area contributed by atoms with Gasteiger partial charge in [-0.3, -0.25) is 14.4 Å². The van der Waals surface area contributed by atoms with E-state index >= 15 is 0 Å². The maximum Gasteiger partial charge on any atom is 0.333 e. The van der Waals surface area contributed by atoms with Crippen LogP contribution in [-0.2, 0) is 23.9 Å². The summed E-state index contributed by atoms with van der Waals surface area (Å²) in [7, 11) is 0. The Labute approximate surface area is 171 Å². The number of benzene rings is 1. The maximum atomic E-state index is 12.5. The Hall–Kier alpha value is -2.74. The van der Waals surface area contributed by atoms with Crippen LogP contribution in [0.4, 0.5) is 0 Å². The van der Waals surface area contributed by atoms with Crippen LogP contribution >= 0.6 is 0 Å². The number of carbonyl (C=O) groups is 4. The van der Waals surface area contributed by atoms with Crippen molar-refractivity contribution in [2.75, 3.05) is 6.54 Å². The van der Waals surface area contributed by atoms with Gasteiger partial charge in [0.15, 0.2) is 6.04 Å². The fraction of sp³-hybridized carbons (Fsp3) is 0.524. The standard InChI is InChI=1S/C21H31N3O5/c1-5-6-12-15(22)18(26)19(27)23-13-16(25)24-17(14-10-8-7-9-11-14)20(28)29-21(2,3)4/h7-11,15,17H,5-6,12-13,22H2,1-4H3,(H,23,27)(H,24,25)/t15?,17-/m0/s1. The molecule has 160 valence electrons. The molecule has 2 atom stereocenters. The van der Waals surface area contributed by atoms with Gasteiger partial charge in [-0.25, -0.2) is 4.79 Å². The quantitative estimate of drug-likeness (QED) is 0.399. The number of Topliss-reactive ketones (excluding diaryl/α,β-unsaturated/α-hetero) is 1. The number of nitrogens with one attached hydrogen (secondary N) is 2. The summed E-state index contributed by atoms with van der Waals surface area (Å²) in [6, 6.07) is 6.69. The third-order valence-electron chi connectivity index (χ3n) is 3.92. The van der Waals surface area contributed by atoms with E-state index < -0.39 is 47.8 Å². The van der Waals surface area contributed by atoms with Gasteiger partial charge < -0.3 is 21.1 Å². The van der Waals surface area contributed by atoms with Gasteiger partial charge in [-0.05, 0) is 32.8 Å². The molecule has 0 heterocycles. The number of rotatable bonds is 10. The second-order valence-corrected chi connectivity index (χ2v) is 7.74. The van der Waals surface area contributed by atoms with Crippen LogP contribution in [0.2, 0.25) is 0 Å². The Bertz CT molecular complexity index is 713. The van der Waals surface area contributed by atoms with Crippen LogP contribution in [0.1, 0.15) is 58.6 Å². The van der Waals surface area contributed by atoms with E-state index in [9.17, 15) is 19.2 Å². The molecule has 0 aromatic heterocycles. The summed E-state index contributed by atoms with van der Waals surface area (Å²) in [5.41, 5.74) is 5.50. The third kappa shape index (κ3) is 8.87. The molecule has 0 bridgehead atoms. The van der Waals surface area contributed by atoms with E-state index in [1.165, 1.54) is 0 Å². The van der Waals surface area contributed by atoms with Crippen molar-refractivity contribution in [2.45, 2.75) is 64.6 Å². The molecular formula is C21H31N3O5. The van der Waals surface area contributed by atoms with Crippen LogP contribution in [-0.4, -0.2) is 41.8 Å². The average molecular weight is 405 g/mol. The van der Waals surface area contributed by atoms with E-state index in [1.807, 2.05) is 6.92 Å². The normalized spacial score (nSPS) is 13.1. The molecule has 8 nitrogen and oxygen atoms in total. The Balaban J connectivity index is 2.72. The van der Waals surface area contributed by atoms with E-state index in [4.69, 9.17) is 10.5 Å². The SMILES string of the molecule is CCCCC(N)C(=O)C(=O)NCC(=O)N[C@H](C(=O)OC(C)(C)C)c1ccccc1. The molecule has 0 radical (unpaired) electrons. The molecule has 1 unspecified atom stereocenters. The number of hydrogen-bond donors (Lipinski definition) is 3. The minimum absolute atomic E-state index is 0.406. The molecule has 0 saturated heterocycles. The largest absolute Gasteiger partial charge is 0.458 e. The monoisotopic (exact) mass is 405 g/mol. The highest BCUT2D eigenvalue weighted by molar-refractivity contribution is 6.38. The van der Waals surface area contributed by atoms with Crippen molar-refractivity contribution in [1.82, 2.24) is 10.6 Å². The number of ketones is 1. The Kier molecular flexibility index (Phi) is 9.47. The van der Waals surface area contributed by atoms with Crippen molar-refractivity contribution in [1.29, 1.82) is 0 Å². The zero-order valence-electron chi connectivity index (χ0n) is 17.5. The van der Waals surface area contributed by atoms with Crippen LogP contribution in [0.15, 0.2) is 30.3 Å². The van der Waals surface area contributed by atoms with Crippen LogP contribution in [0.25, 0.3) is 0 Å². The number of unbranched alkanes of at least 4 members (excludes halogenated alkanes) is 1. The molecule has 1 rings (SSSR count). The lowest BCUT2D eigenvalue weighted by Gasteiger charge is -2.25. The Morgan fingerprint density at radius 2 is 1.72 bits per heavy atom. The van der Waals surface area contributed by atoms with Crippen molar-refractivity contribution in [3.05, 3.63) is 35.9 Å². The predicted octanol–water partition coefficient (Wildman–Crippen LogP) is 1.39. The predicted molar refractivity (Wildman–Crippen MR) is 109 cm³/mol. The van der Waals surface area contributed by atoms with E-state index in [-0.39, 0.29) is 0 Å². The summed E-state index contributed by atoms with van der Waals surface area (Å²) in [6.45, 7) is 6.67. The first-order valence-corrected chi connectivity index (χ1v) is 9.70. The second kappa shape index (κ2) is 11.3. The first kappa shape index (κ1) is 24.3. The first-order chi connectivity index (χ1) is 13.5. The fourth-order valence-electron chi connectivity index (χ4n) is 2.47. The van der Waals surface area contributed by atoms with Crippen molar-refractivity contribution >= 4 is 23.6 Å². The summed E-state index contributed by atoms with van der Waals surface area (Å²) >= 11 is 0. The Morgan fingerprint density at radius 1 is 1.10 bits per heavy atom. The zero-order valence-corrected chi connectivity index (χ0v) is 17.5. The average Bonchev–Trinajstić information content (AvgIpc) is 2.66. The van der Waals surface area contributed by atoms with Crippen LogP contribution in [0.3, 0.4) is 0 Å². The highest BCUT2D eigenvalue weighted by Gasteiger charge is 2.28. The summed E-state index contributed by atoms with van der Waals surface area (Å²) in [5.74, 6) is -2.94. The number of nitrogens with two attached hydrogens (primary N) is 1. The highest BCUT2D eigenvalue weighted by atomic mass is 16.6. The molecule has 0 aliphatic carbocycles. The van der Waals surface area contributed by atoms with Gasteiger partial charge in [0.1, 0.15) is 5.60 Å². The molecule has 2 amide bonds. The van der Waals surface area contributed by atoms with Gasteiger partial charge in [-0.1, -0.05) is 50.1 Å². The van der Waals surface area contributed by atoms with E-state index in [0.717, 1.165) is 12.8 Å². The lowest BCUT2D eigenvalue weighted by Crippen LogP contribution is -2.47. The first-order valence-electron chi connectivity index (χ1n) is 9.70. The van der Waals surface area contributed by atoms with Gasteiger partial charge in [0.2, 0.25) is 11.7 Å². The number of hydrogen-bond acceptors (Lipinski definition) is 6. The van der Waals surface area contributed by atoms with Gasteiger partial charge in [0.05, 0.1) is 12.6 Å². The molecule has 0 aliphatic rings. The molecule has 1 aromatic rings. The van der Waals surface area contributed by atoms with Crippen LogP contribution in [0, 0.1) is 0 Å². The molecule has 0 spiro atoms. The van der Waals surface area contributed by atoms with Crippen molar-refractivity contribution in [2.24, 2.45) is 5.73 Å². The number of carbonyl (C=O) groups excluding carboxylic acids is 4. The fourth-order valence-corrected chi connectivity index (χ4v) is 2.47. The minimum Gasteiger partial charge on any atom is -0.458 e. The lowest BCUT2D eigenvalue weighted by molar-refractivity contribution is -0.158. The number of amides is 2. The highest BCUT2D eigenvalue weighted by Crippen LogP contribution is 2.18. The maximum absolute atomic E-state index is 12.5. The van der Waals surface area contributed by atoms with Crippen molar-refractivity contribution in [3.63, 3.8) is 0 Å². The molecule has 29 heavy (non-hydrogen) atoms. The zero-order chi connectivity index (χ0) is 22.0. The summed E-state index contributed by atoms with van der Waals surface area (Å²) in [5, 5.41) is 4.79. The summed E-state index contributed by atoms with van der Waals surface area (Å²) in [4.78, 5) is 48.7. The number of esters is 1. The van der Waals surface area contributed by atoms with Gasteiger partial charge in [-0.2, -0.15) is 0 Å². The van der Waals surface area contributed by atoms with Gasteiger partial charge in [0, 0.05) is 0 Å². The smallest absolute Gasteiger partial charge is 0.333 e. The van der Waals surface area contributed by atoms with Gasteiger partial charge in [0.25, 0.3) is 5.91 Å². The minimum atomic E-state index is -1.04. The van der Waals surface area contributed by atoms with Crippen molar-refractivity contribution < 1.29 is 23.9 Å². The molecule has 4 N–H and O–H groups in total. The third-order valence-corrected chi connectivity index (χ3v) is 3.92. The summed E-state index contributed by atoms with van der Waals surface area (Å²) < 4.78 is 5.38. The van der Waals surface area contributed by atoms with Crippen LogP contribution < -0.4 is 16.4 Å².